The van der Waals surface area contributed by atoms with Gasteiger partial charge in [0.25, 0.3) is 0 Å². The molecular weight excluding hydrogens is 354 g/mol. The van der Waals surface area contributed by atoms with E-state index in [0.29, 0.717) is 18.2 Å². The zero-order valence-electron chi connectivity index (χ0n) is 15.5. The van der Waals surface area contributed by atoms with E-state index in [2.05, 4.69) is 10.6 Å². The Bertz CT molecular complexity index is 588. The highest BCUT2D eigenvalue weighted by molar-refractivity contribution is 6.30. The predicted molar refractivity (Wildman–Crippen MR) is 103 cm³/mol. The summed E-state index contributed by atoms with van der Waals surface area (Å²) in [6.45, 7) is 2.76. The van der Waals surface area contributed by atoms with Crippen LogP contribution in [0.4, 0.5) is 4.79 Å². The van der Waals surface area contributed by atoms with Gasteiger partial charge in [-0.25, -0.2) is 4.79 Å². The Balaban J connectivity index is 1.68. The molecule has 6 nitrogen and oxygen atoms in total. The van der Waals surface area contributed by atoms with Gasteiger partial charge in [-0.05, 0) is 51.1 Å². The maximum Gasteiger partial charge on any atom is 0.321 e. The van der Waals surface area contributed by atoms with Gasteiger partial charge in [-0.1, -0.05) is 30.9 Å². The van der Waals surface area contributed by atoms with Gasteiger partial charge in [0, 0.05) is 17.6 Å². The first-order chi connectivity index (χ1) is 12.5. The van der Waals surface area contributed by atoms with Crippen molar-refractivity contribution in [2.45, 2.75) is 51.1 Å². The second kappa shape index (κ2) is 10.4. The Morgan fingerprint density at radius 3 is 2.54 bits per heavy atom. The maximum absolute atomic E-state index is 12.2. The van der Waals surface area contributed by atoms with E-state index in [-0.39, 0.29) is 11.9 Å². The summed E-state index contributed by atoms with van der Waals surface area (Å²) >= 11 is 5.83. The number of carbonyl (C=O) groups is 2. The molecule has 1 aromatic carbocycles. The van der Waals surface area contributed by atoms with Gasteiger partial charge in [0.05, 0.1) is 6.04 Å². The van der Waals surface area contributed by atoms with Crippen LogP contribution in [0.1, 0.15) is 39.0 Å². The normalized spacial score (nSPS) is 16.2. The Labute approximate surface area is 160 Å². The summed E-state index contributed by atoms with van der Waals surface area (Å²) in [5.41, 5.74) is 0. The molecule has 3 amide bonds. The molecule has 1 aromatic rings. The Morgan fingerprint density at radius 2 is 1.88 bits per heavy atom. The summed E-state index contributed by atoms with van der Waals surface area (Å²) in [4.78, 5) is 26.1. The highest BCUT2D eigenvalue weighted by atomic mass is 35.5. The number of imide groups is 1. The number of likely N-dealkylation sites (N-methyl/N-ethyl adjacent to an activating group) is 1. The minimum atomic E-state index is -0.430. The van der Waals surface area contributed by atoms with Gasteiger partial charge >= 0.3 is 6.03 Å². The van der Waals surface area contributed by atoms with Gasteiger partial charge < -0.3 is 10.1 Å². The second-order valence-corrected chi connectivity index (χ2v) is 7.19. The summed E-state index contributed by atoms with van der Waals surface area (Å²) in [6.07, 6.45) is 5.45. The highest BCUT2D eigenvalue weighted by Gasteiger charge is 2.22. The Kier molecular flexibility index (Phi) is 8.19. The molecule has 1 aliphatic carbocycles. The van der Waals surface area contributed by atoms with E-state index in [4.69, 9.17) is 16.3 Å². The number of ether oxygens (including phenoxy) is 1. The van der Waals surface area contributed by atoms with E-state index in [0.717, 1.165) is 31.4 Å². The minimum absolute atomic E-state index is 0.178. The van der Waals surface area contributed by atoms with Gasteiger partial charge in [0.2, 0.25) is 5.91 Å². The quantitative estimate of drug-likeness (QED) is 0.760. The zero-order chi connectivity index (χ0) is 18.9. The molecule has 0 saturated heterocycles. The summed E-state index contributed by atoms with van der Waals surface area (Å²) in [5.74, 6) is 0.416. The van der Waals surface area contributed by atoms with Gasteiger partial charge in [0.15, 0.2) is 0 Å². The summed E-state index contributed by atoms with van der Waals surface area (Å²) in [6, 6.07) is 6.48. The van der Waals surface area contributed by atoms with Crippen LogP contribution in [0.15, 0.2) is 24.3 Å². The first-order valence-corrected chi connectivity index (χ1v) is 9.53. The van der Waals surface area contributed by atoms with E-state index in [1.54, 1.807) is 31.2 Å². The van der Waals surface area contributed by atoms with Gasteiger partial charge in [-0.3, -0.25) is 15.0 Å². The van der Waals surface area contributed by atoms with E-state index >= 15 is 0 Å². The van der Waals surface area contributed by atoms with Gasteiger partial charge in [-0.15, -0.1) is 0 Å². The number of hydrogen-bond donors (Lipinski definition) is 2. The third-order valence-corrected chi connectivity index (χ3v) is 5.00. The number of hydrogen-bond acceptors (Lipinski definition) is 4. The van der Waals surface area contributed by atoms with Gasteiger partial charge in [0.1, 0.15) is 12.4 Å². The third kappa shape index (κ3) is 6.84. The lowest BCUT2D eigenvalue weighted by molar-refractivity contribution is -0.124. The molecule has 0 radical (unpaired) electrons. The lowest BCUT2D eigenvalue weighted by Crippen LogP contribution is -2.51. The van der Waals surface area contributed by atoms with Crippen molar-refractivity contribution in [2.24, 2.45) is 0 Å². The van der Waals surface area contributed by atoms with Crippen LogP contribution in [-0.4, -0.2) is 49.1 Å². The first kappa shape index (κ1) is 20.5. The maximum atomic E-state index is 12.2. The van der Waals surface area contributed by atoms with Gasteiger partial charge in [-0.2, -0.15) is 0 Å². The van der Waals surface area contributed by atoms with E-state index in [9.17, 15) is 9.59 Å². The molecule has 0 aromatic heterocycles. The molecule has 2 rings (SSSR count). The van der Waals surface area contributed by atoms with Crippen LogP contribution in [0, 0.1) is 0 Å². The van der Waals surface area contributed by atoms with Crippen LogP contribution in [0.25, 0.3) is 0 Å². The minimum Gasteiger partial charge on any atom is -0.492 e. The third-order valence-electron chi connectivity index (χ3n) is 4.74. The number of nitrogens with zero attached hydrogens (tertiary/aromatic N) is 1. The lowest BCUT2D eigenvalue weighted by Gasteiger charge is -2.25. The molecule has 7 heteroatoms. The number of amides is 3. The van der Waals surface area contributed by atoms with Crippen LogP contribution in [0.3, 0.4) is 0 Å². The molecule has 26 heavy (non-hydrogen) atoms. The van der Waals surface area contributed by atoms with Crippen LogP contribution in [0.2, 0.25) is 5.02 Å². The molecule has 1 saturated carbocycles. The molecule has 0 heterocycles. The SMILES string of the molecule is C[C@@H](C(=O)NC(=O)NC1CCCCC1)N(C)CCOc1ccc(Cl)cc1. The topological polar surface area (TPSA) is 70.7 Å². The molecule has 0 bridgehead atoms. The molecular formula is C19H28ClN3O3. The fourth-order valence-electron chi connectivity index (χ4n) is 2.92. The lowest BCUT2D eigenvalue weighted by atomic mass is 9.96. The average Bonchev–Trinajstić information content (AvgIpc) is 2.63. The smallest absolute Gasteiger partial charge is 0.321 e. The Morgan fingerprint density at radius 1 is 1.23 bits per heavy atom. The molecule has 144 valence electrons. The van der Waals surface area contributed by atoms with Crippen molar-refractivity contribution in [2.75, 3.05) is 20.2 Å². The van der Waals surface area contributed by atoms with Crippen LogP contribution in [0.5, 0.6) is 5.75 Å². The van der Waals surface area contributed by atoms with Crippen LogP contribution >= 0.6 is 11.6 Å². The van der Waals surface area contributed by atoms with Crippen molar-refractivity contribution >= 4 is 23.5 Å². The monoisotopic (exact) mass is 381 g/mol. The van der Waals surface area contributed by atoms with Crippen molar-refractivity contribution in [1.29, 1.82) is 0 Å². The molecule has 1 fully saturated rings. The molecule has 0 aliphatic heterocycles. The molecule has 1 aliphatic rings. The molecule has 1 atom stereocenters. The largest absolute Gasteiger partial charge is 0.492 e. The molecule has 0 spiro atoms. The van der Waals surface area contributed by atoms with Crippen molar-refractivity contribution < 1.29 is 14.3 Å². The number of halogens is 1. The van der Waals surface area contributed by atoms with Crippen molar-refractivity contribution in [3.63, 3.8) is 0 Å². The Hall–Kier alpha value is -1.79. The van der Waals surface area contributed by atoms with E-state index in [1.807, 2.05) is 11.9 Å². The number of benzene rings is 1. The summed E-state index contributed by atoms with van der Waals surface area (Å²) in [7, 11) is 1.83. The summed E-state index contributed by atoms with van der Waals surface area (Å²) < 4.78 is 5.63. The zero-order valence-corrected chi connectivity index (χ0v) is 16.2. The standard InChI is InChI=1S/C19H28ClN3O3/c1-14(18(24)22-19(25)21-16-6-4-3-5-7-16)23(2)12-13-26-17-10-8-15(20)9-11-17/h8-11,14,16H,3-7,12-13H2,1-2H3,(H2,21,22,24,25)/t14-/m0/s1. The van der Waals surface area contributed by atoms with Crippen LogP contribution in [-0.2, 0) is 4.79 Å². The van der Waals surface area contributed by atoms with E-state index in [1.165, 1.54) is 6.42 Å². The van der Waals surface area contributed by atoms with Crippen molar-refractivity contribution in [1.82, 2.24) is 15.5 Å². The van der Waals surface area contributed by atoms with Crippen molar-refractivity contribution in [3.8, 4) is 5.75 Å². The first-order valence-electron chi connectivity index (χ1n) is 9.15. The number of rotatable bonds is 7. The predicted octanol–water partition coefficient (Wildman–Crippen LogP) is 3.20. The average molecular weight is 382 g/mol. The van der Waals surface area contributed by atoms with Crippen LogP contribution < -0.4 is 15.4 Å². The number of nitrogens with one attached hydrogen (secondary N) is 2. The molecule has 0 unspecified atom stereocenters. The number of urea groups is 1. The highest BCUT2D eigenvalue weighted by Crippen LogP contribution is 2.17. The van der Waals surface area contributed by atoms with Crippen molar-refractivity contribution in [3.05, 3.63) is 29.3 Å². The summed E-state index contributed by atoms with van der Waals surface area (Å²) in [5, 5.41) is 5.98. The fourth-order valence-corrected chi connectivity index (χ4v) is 3.04. The molecule has 2 N–H and O–H groups in total. The number of carbonyl (C=O) groups excluding carboxylic acids is 2. The second-order valence-electron chi connectivity index (χ2n) is 6.76. The fraction of sp³-hybridized carbons (Fsp3) is 0.579. The van der Waals surface area contributed by atoms with E-state index < -0.39 is 12.1 Å².